The predicted octanol–water partition coefficient (Wildman–Crippen LogP) is 1.05. The number of rotatable bonds is 2. The van der Waals surface area contributed by atoms with E-state index < -0.39 is 21.3 Å². The molecule has 0 aliphatic rings. The Balaban J connectivity index is 2.79. The van der Waals surface area contributed by atoms with E-state index in [9.17, 15) is 17.6 Å². The molecule has 2 aromatic rings. The summed E-state index contributed by atoms with van der Waals surface area (Å²) < 4.78 is 39.1. The number of nitrogens with zero attached hydrogens (tertiary/aromatic N) is 1. The number of benzene rings is 1. The molecular formula is C11H11FN2O3S. The Morgan fingerprint density at radius 3 is 2.61 bits per heavy atom. The number of nitrogens with one attached hydrogen (secondary N) is 1. The van der Waals surface area contributed by atoms with Crippen LogP contribution in [0.15, 0.2) is 29.2 Å². The summed E-state index contributed by atoms with van der Waals surface area (Å²) in [5, 5.41) is 0.131. The van der Waals surface area contributed by atoms with E-state index >= 15 is 0 Å². The Bertz CT molecular complexity index is 781. The molecular weight excluding hydrogens is 259 g/mol. The van der Waals surface area contributed by atoms with Gasteiger partial charge in [-0.05, 0) is 18.2 Å². The van der Waals surface area contributed by atoms with Crippen LogP contribution in [-0.4, -0.2) is 19.2 Å². The van der Waals surface area contributed by atoms with Crippen molar-refractivity contribution in [2.75, 3.05) is 11.0 Å². The van der Waals surface area contributed by atoms with Crippen LogP contribution in [0.1, 0.15) is 0 Å². The normalized spacial score (nSPS) is 11.7. The van der Waals surface area contributed by atoms with E-state index in [0.29, 0.717) is 5.52 Å². The standard InChI is InChI=1S/C11H11FN2O3S/c1-14-6-9(13-18(2,16)17)11(15)8-5-7(12)3-4-10(8)14/h3-6,13H,1-2H3. The van der Waals surface area contributed by atoms with Crippen LogP contribution in [-0.2, 0) is 17.1 Å². The molecule has 0 fully saturated rings. The predicted molar refractivity (Wildman–Crippen MR) is 67.6 cm³/mol. The fraction of sp³-hybridized carbons (Fsp3) is 0.182. The minimum Gasteiger partial charge on any atom is -0.348 e. The number of anilines is 1. The zero-order valence-corrected chi connectivity index (χ0v) is 10.6. The first kappa shape index (κ1) is 12.6. The van der Waals surface area contributed by atoms with Crippen molar-refractivity contribution in [3.63, 3.8) is 0 Å². The van der Waals surface area contributed by atoms with Crippen LogP contribution < -0.4 is 10.2 Å². The van der Waals surface area contributed by atoms with Gasteiger partial charge in [0.1, 0.15) is 11.5 Å². The molecule has 0 saturated carbocycles. The molecule has 0 spiro atoms. The third-order valence-corrected chi connectivity index (χ3v) is 3.04. The van der Waals surface area contributed by atoms with Gasteiger partial charge in [-0.15, -0.1) is 0 Å². The largest absolute Gasteiger partial charge is 0.348 e. The van der Waals surface area contributed by atoms with Gasteiger partial charge in [-0.2, -0.15) is 0 Å². The second-order valence-corrected chi connectivity index (χ2v) is 5.77. The first-order valence-corrected chi connectivity index (χ1v) is 6.94. The van der Waals surface area contributed by atoms with Crippen molar-refractivity contribution in [1.82, 2.24) is 4.57 Å². The van der Waals surface area contributed by atoms with Gasteiger partial charge in [0.05, 0.1) is 17.2 Å². The average Bonchev–Trinajstić information content (AvgIpc) is 2.23. The number of sulfonamides is 1. The number of aryl methyl sites for hydroxylation is 1. The van der Waals surface area contributed by atoms with Crippen LogP contribution in [0.2, 0.25) is 0 Å². The number of hydrogen-bond donors (Lipinski definition) is 1. The quantitative estimate of drug-likeness (QED) is 0.886. The average molecular weight is 270 g/mol. The number of hydrogen-bond acceptors (Lipinski definition) is 3. The van der Waals surface area contributed by atoms with E-state index in [1.54, 1.807) is 11.6 Å². The summed E-state index contributed by atoms with van der Waals surface area (Å²) in [6.45, 7) is 0. The summed E-state index contributed by atoms with van der Waals surface area (Å²) in [4.78, 5) is 12.0. The molecule has 2 rings (SSSR count). The van der Waals surface area contributed by atoms with Crippen LogP contribution in [0.5, 0.6) is 0 Å². The summed E-state index contributed by atoms with van der Waals surface area (Å²) in [5.41, 5.74) is -0.119. The minimum absolute atomic E-state index is 0.0990. The maximum Gasteiger partial charge on any atom is 0.229 e. The molecule has 5 nitrogen and oxygen atoms in total. The monoisotopic (exact) mass is 270 g/mol. The number of fused-ring (bicyclic) bond motifs is 1. The molecule has 1 aromatic heterocycles. The molecule has 1 heterocycles. The molecule has 0 bridgehead atoms. The molecule has 0 saturated heterocycles. The van der Waals surface area contributed by atoms with Crippen molar-refractivity contribution in [1.29, 1.82) is 0 Å². The van der Waals surface area contributed by atoms with Gasteiger partial charge in [0.2, 0.25) is 15.5 Å². The SMILES string of the molecule is Cn1cc(NS(C)(=O)=O)c(=O)c2cc(F)ccc21. The first-order valence-electron chi connectivity index (χ1n) is 5.04. The van der Waals surface area contributed by atoms with Gasteiger partial charge in [-0.3, -0.25) is 9.52 Å². The second-order valence-electron chi connectivity index (χ2n) is 4.02. The number of pyridine rings is 1. The van der Waals surface area contributed by atoms with E-state index in [-0.39, 0.29) is 11.1 Å². The van der Waals surface area contributed by atoms with E-state index in [0.717, 1.165) is 12.3 Å². The number of aromatic nitrogens is 1. The van der Waals surface area contributed by atoms with Gasteiger partial charge in [0, 0.05) is 13.2 Å². The summed E-state index contributed by atoms with van der Waals surface area (Å²) in [6.07, 6.45) is 2.31. The molecule has 96 valence electrons. The van der Waals surface area contributed by atoms with Gasteiger partial charge in [0.25, 0.3) is 0 Å². The highest BCUT2D eigenvalue weighted by Gasteiger charge is 2.11. The Labute approximate surface area is 103 Å². The van der Waals surface area contributed by atoms with E-state index in [4.69, 9.17) is 0 Å². The highest BCUT2D eigenvalue weighted by atomic mass is 32.2. The molecule has 1 N–H and O–H groups in total. The first-order chi connectivity index (χ1) is 8.28. The molecule has 0 atom stereocenters. The van der Waals surface area contributed by atoms with Crippen molar-refractivity contribution in [3.8, 4) is 0 Å². The molecule has 7 heteroatoms. The van der Waals surface area contributed by atoms with Crippen LogP contribution in [0, 0.1) is 5.82 Å². The Hall–Kier alpha value is -1.89. The molecule has 0 aliphatic carbocycles. The maximum absolute atomic E-state index is 13.1. The summed E-state index contributed by atoms with van der Waals surface area (Å²) in [5.74, 6) is -0.545. The highest BCUT2D eigenvalue weighted by Crippen LogP contribution is 2.15. The fourth-order valence-corrected chi connectivity index (χ4v) is 2.28. The van der Waals surface area contributed by atoms with Crippen LogP contribution >= 0.6 is 0 Å². The van der Waals surface area contributed by atoms with Crippen LogP contribution in [0.3, 0.4) is 0 Å². The lowest BCUT2D eigenvalue weighted by Crippen LogP contribution is -2.19. The third-order valence-electron chi connectivity index (χ3n) is 2.45. The second kappa shape index (κ2) is 4.09. The van der Waals surface area contributed by atoms with Crippen molar-refractivity contribution in [2.24, 2.45) is 7.05 Å². The van der Waals surface area contributed by atoms with Crippen molar-refractivity contribution in [2.45, 2.75) is 0 Å². The third kappa shape index (κ3) is 2.35. The molecule has 0 unspecified atom stereocenters. The molecule has 0 aliphatic heterocycles. The molecule has 18 heavy (non-hydrogen) atoms. The van der Waals surface area contributed by atoms with E-state index in [1.807, 2.05) is 0 Å². The van der Waals surface area contributed by atoms with Crippen LogP contribution in [0.25, 0.3) is 10.9 Å². The summed E-state index contributed by atoms with van der Waals surface area (Å²) in [7, 11) is -1.91. The zero-order valence-electron chi connectivity index (χ0n) is 9.77. The van der Waals surface area contributed by atoms with Crippen molar-refractivity contribution < 1.29 is 12.8 Å². The summed E-state index contributed by atoms with van der Waals surface area (Å²) in [6, 6.07) is 3.80. The Morgan fingerprint density at radius 1 is 1.33 bits per heavy atom. The van der Waals surface area contributed by atoms with Crippen molar-refractivity contribution >= 4 is 26.6 Å². The minimum atomic E-state index is -3.55. The van der Waals surface area contributed by atoms with Gasteiger partial charge < -0.3 is 4.57 Å². The van der Waals surface area contributed by atoms with Gasteiger partial charge >= 0.3 is 0 Å². The van der Waals surface area contributed by atoms with Crippen LogP contribution in [0.4, 0.5) is 10.1 Å². The lowest BCUT2D eigenvalue weighted by atomic mass is 10.2. The lowest BCUT2D eigenvalue weighted by molar-refractivity contribution is 0.606. The Kier molecular flexibility index (Phi) is 2.86. The van der Waals surface area contributed by atoms with Gasteiger partial charge in [-0.25, -0.2) is 12.8 Å². The van der Waals surface area contributed by atoms with Gasteiger partial charge in [0.15, 0.2) is 0 Å². The highest BCUT2D eigenvalue weighted by molar-refractivity contribution is 7.92. The van der Waals surface area contributed by atoms with E-state index in [2.05, 4.69) is 4.72 Å². The van der Waals surface area contributed by atoms with Gasteiger partial charge in [-0.1, -0.05) is 0 Å². The topological polar surface area (TPSA) is 68.2 Å². The fourth-order valence-electron chi connectivity index (χ4n) is 1.74. The zero-order chi connectivity index (χ0) is 13.5. The lowest BCUT2D eigenvalue weighted by Gasteiger charge is -2.09. The molecule has 0 radical (unpaired) electrons. The molecule has 0 amide bonds. The smallest absolute Gasteiger partial charge is 0.229 e. The maximum atomic E-state index is 13.1. The number of halogens is 1. The summed E-state index contributed by atoms with van der Waals surface area (Å²) >= 11 is 0. The molecule has 1 aromatic carbocycles. The van der Waals surface area contributed by atoms with Crippen molar-refractivity contribution in [3.05, 3.63) is 40.4 Å². The van der Waals surface area contributed by atoms with E-state index in [1.165, 1.54) is 18.3 Å². The Morgan fingerprint density at radius 2 is 2.00 bits per heavy atom.